The third-order valence-electron chi connectivity index (χ3n) is 1.79. The molecular weight excluding hydrogens is 250 g/mol. The summed E-state index contributed by atoms with van der Waals surface area (Å²) in [5.74, 6) is 0. The van der Waals surface area contributed by atoms with Crippen molar-refractivity contribution in [3.63, 3.8) is 0 Å². The molecule has 0 aliphatic carbocycles. The normalized spacial score (nSPS) is 11.0. The zero-order valence-electron chi connectivity index (χ0n) is 7.28. The molecule has 0 unspecified atom stereocenters. The van der Waals surface area contributed by atoms with Crippen LogP contribution in [-0.4, -0.2) is 20.9 Å². The minimum absolute atomic E-state index is 0.838. The number of nitrogens with zero attached hydrogens (tertiary/aromatic N) is 3. The van der Waals surface area contributed by atoms with Gasteiger partial charge in [0, 0.05) is 0 Å². The van der Waals surface area contributed by atoms with Crippen LogP contribution in [0.25, 0.3) is 5.65 Å². The maximum Gasteiger partial charge on any atom is 0.167 e. The van der Waals surface area contributed by atoms with E-state index in [-0.39, 0.29) is 0 Å². The second kappa shape index (κ2) is 3.31. The van der Waals surface area contributed by atoms with Gasteiger partial charge in [-0.05, 0) is 35.2 Å². The number of hydrogen-bond donors (Lipinski definition) is 0. The van der Waals surface area contributed by atoms with E-state index >= 15 is 0 Å². The number of halogens is 1. The molecule has 0 saturated carbocycles. The van der Waals surface area contributed by atoms with Crippen molar-refractivity contribution in [1.82, 2.24) is 14.6 Å². The molecule has 0 aliphatic heterocycles. The second-order valence-corrected chi connectivity index (χ2v) is 4.33. The largest absolute Gasteiger partial charge is 0.234 e. The van der Waals surface area contributed by atoms with E-state index in [2.05, 4.69) is 26.0 Å². The Morgan fingerprint density at radius 2 is 2.31 bits per heavy atom. The summed E-state index contributed by atoms with van der Waals surface area (Å²) in [5.41, 5.74) is 1.97. The number of imidazole rings is 1. The summed E-state index contributed by atoms with van der Waals surface area (Å²) in [6, 6.07) is 1.98. The molecule has 68 valence electrons. The van der Waals surface area contributed by atoms with Crippen LogP contribution in [-0.2, 0) is 0 Å². The van der Waals surface area contributed by atoms with Gasteiger partial charge < -0.3 is 0 Å². The Hall–Kier alpha value is -0.550. The third-order valence-corrected chi connectivity index (χ3v) is 2.92. The summed E-state index contributed by atoms with van der Waals surface area (Å²) in [7, 11) is 0. The molecule has 0 amide bonds. The molecule has 0 bridgehead atoms. The highest BCUT2D eigenvalue weighted by Gasteiger charge is 2.06. The summed E-state index contributed by atoms with van der Waals surface area (Å²) in [5, 5.41) is 4.30. The quantitative estimate of drug-likeness (QED) is 0.736. The Morgan fingerprint density at radius 3 is 3.00 bits per heavy atom. The van der Waals surface area contributed by atoms with Crippen LogP contribution < -0.4 is 0 Å². The first-order valence-electron chi connectivity index (χ1n) is 3.77. The van der Waals surface area contributed by atoms with Crippen molar-refractivity contribution in [2.45, 2.75) is 11.8 Å². The van der Waals surface area contributed by atoms with E-state index in [0.29, 0.717) is 0 Å². The van der Waals surface area contributed by atoms with Crippen molar-refractivity contribution in [1.29, 1.82) is 0 Å². The van der Waals surface area contributed by atoms with Gasteiger partial charge in [-0.15, -0.1) is 11.8 Å². The molecule has 0 aromatic carbocycles. The predicted octanol–water partition coefficient (Wildman–Crippen LogP) is 2.52. The monoisotopic (exact) mass is 257 g/mol. The van der Waals surface area contributed by atoms with Crippen molar-refractivity contribution < 1.29 is 0 Å². The lowest BCUT2D eigenvalue weighted by Crippen LogP contribution is -1.95. The molecule has 2 rings (SSSR count). The zero-order chi connectivity index (χ0) is 9.42. The van der Waals surface area contributed by atoms with Gasteiger partial charge in [-0.3, -0.25) is 0 Å². The SMILES string of the molecule is CSc1cc(Br)nn2c(C)cnc12. The Morgan fingerprint density at radius 1 is 1.54 bits per heavy atom. The fourth-order valence-electron chi connectivity index (χ4n) is 1.17. The molecule has 2 aromatic heterocycles. The molecule has 2 aromatic rings. The van der Waals surface area contributed by atoms with Crippen molar-refractivity contribution in [3.05, 3.63) is 22.6 Å². The van der Waals surface area contributed by atoms with E-state index < -0.39 is 0 Å². The summed E-state index contributed by atoms with van der Waals surface area (Å²) >= 11 is 5.04. The van der Waals surface area contributed by atoms with Gasteiger partial charge in [-0.1, -0.05) is 0 Å². The molecule has 0 atom stereocenters. The highest BCUT2D eigenvalue weighted by Crippen LogP contribution is 2.23. The van der Waals surface area contributed by atoms with Crippen LogP contribution >= 0.6 is 27.7 Å². The summed E-state index contributed by atoms with van der Waals surface area (Å²) < 4.78 is 2.68. The van der Waals surface area contributed by atoms with Gasteiger partial charge in [0.1, 0.15) is 4.60 Å². The number of aryl methyl sites for hydroxylation is 1. The number of rotatable bonds is 1. The molecule has 0 N–H and O–H groups in total. The molecule has 0 fully saturated rings. The average molecular weight is 258 g/mol. The highest BCUT2D eigenvalue weighted by atomic mass is 79.9. The molecule has 13 heavy (non-hydrogen) atoms. The molecule has 2 heterocycles. The minimum Gasteiger partial charge on any atom is -0.234 e. The molecule has 5 heteroatoms. The third kappa shape index (κ3) is 1.46. The first-order chi connectivity index (χ1) is 6.22. The van der Waals surface area contributed by atoms with Gasteiger partial charge in [0.15, 0.2) is 5.65 Å². The van der Waals surface area contributed by atoms with Crippen molar-refractivity contribution in [2.75, 3.05) is 6.26 Å². The minimum atomic E-state index is 0.838. The molecule has 3 nitrogen and oxygen atoms in total. The Bertz CT molecular complexity index is 452. The van der Waals surface area contributed by atoms with Crippen molar-refractivity contribution in [2.24, 2.45) is 0 Å². The van der Waals surface area contributed by atoms with Crippen molar-refractivity contribution in [3.8, 4) is 0 Å². The standard InChI is InChI=1S/C8H8BrN3S/c1-5-4-10-8-6(13-2)3-7(9)11-12(5)8/h3-4H,1-2H3. The van der Waals surface area contributed by atoms with Crippen LogP contribution in [0.5, 0.6) is 0 Å². The number of hydrogen-bond acceptors (Lipinski definition) is 3. The smallest absolute Gasteiger partial charge is 0.167 e. The van der Waals surface area contributed by atoms with Crippen LogP contribution in [0.4, 0.5) is 0 Å². The number of aromatic nitrogens is 3. The number of thioether (sulfide) groups is 1. The van der Waals surface area contributed by atoms with Gasteiger partial charge in [0.05, 0.1) is 16.8 Å². The first-order valence-corrected chi connectivity index (χ1v) is 5.79. The summed E-state index contributed by atoms with van der Waals surface area (Å²) in [6.45, 7) is 1.99. The lowest BCUT2D eigenvalue weighted by molar-refractivity contribution is 0.867. The first kappa shape index (κ1) is 9.02. The topological polar surface area (TPSA) is 30.2 Å². The molecular formula is C8H8BrN3S. The van der Waals surface area contributed by atoms with Gasteiger partial charge >= 0.3 is 0 Å². The maximum absolute atomic E-state index is 4.30. The van der Waals surface area contributed by atoms with Crippen LogP contribution in [0.15, 0.2) is 21.8 Å². The van der Waals surface area contributed by atoms with E-state index in [1.807, 2.05) is 30.0 Å². The van der Waals surface area contributed by atoms with Crippen LogP contribution in [0, 0.1) is 6.92 Å². The summed E-state index contributed by atoms with van der Waals surface area (Å²) in [6.07, 6.45) is 3.86. The Labute approximate surface area is 88.7 Å². The average Bonchev–Trinajstić information content (AvgIpc) is 2.47. The lowest BCUT2D eigenvalue weighted by Gasteiger charge is -2.01. The van der Waals surface area contributed by atoms with Gasteiger partial charge in [0.2, 0.25) is 0 Å². The zero-order valence-corrected chi connectivity index (χ0v) is 9.69. The Kier molecular flexibility index (Phi) is 2.29. The van der Waals surface area contributed by atoms with Crippen LogP contribution in [0.2, 0.25) is 0 Å². The molecule has 0 radical (unpaired) electrons. The molecule has 0 aliphatic rings. The summed E-state index contributed by atoms with van der Waals surface area (Å²) in [4.78, 5) is 5.42. The molecule has 0 saturated heterocycles. The lowest BCUT2D eigenvalue weighted by atomic mass is 10.5. The molecule has 0 spiro atoms. The number of fused-ring (bicyclic) bond motifs is 1. The predicted molar refractivity (Wildman–Crippen MR) is 57.2 cm³/mol. The van der Waals surface area contributed by atoms with Crippen molar-refractivity contribution >= 4 is 33.3 Å². The Balaban J connectivity index is 2.84. The fourth-order valence-corrected chi connectivity index (χ4v) is 2.26. The van der Waals surface area contributed by atoms with Gasteiger partial charge in [-0.25, -0.2) is 9.50 Å². The van der Waals surface area contributed by atoms with Crippen LogP contribution in [0.1, 0.15) is 5.69 Å². The fraction of sp³-hybridized carbons (Fsp3) is 0.250. The van der Waals surface area contributed by atoms with E-state index in [1.54, 1.807) is 11.8 Å². The van der Waals surface area contributed by atoms with Gasteiger partial charge in [-0.2, -0.15) is 5.10 Å². The van der Waals surface area contributed by atoms with E-state index in [1.165, 1.54) is 0 Å². The maximum atomic E-state index is 4.30. The van der Waals surface area contributed by atoms with E-state index in [9.17, 15) is 0 Å². The highest BCUT2D eigenvalue weighted by molar-refractivity contribution is 9.10. The van der Waals surface area contributed by atoms with Gasteiger partial charge in [0.25, 0.3) is 0 Å². The van der Waals surface area contributed by atoms with E-state index in [4.69, 9.17) is 0 Å². The second-order valence-electron chi connectivity index (χ2n) is 2.67. The van der Waals surface area contributed by atoms with Crippen LogP contribution in [0.3, 0.4) is 0 Å². The van der Waals surface area contributed by atoms with E-state index in [0.717, 1.165) is 20.8 Å².